The number of halogens is 1. The quantitative estimate of drug-likeness (QED) is 0.504. The highest BCUT2D eigenvalue weighted by Gasteiger charge is 2.09. The first-order valence-electron chi connectivity index (χ1n) is 6.00. The Balaban J connectivity index is 2.31. The fourth-order valence-corrected chi connectivity index (χ4v) is 2.14. The summed E-state index contributed by atoms with van der Waals surface area (Å²) in [5, 5.41) is 19.0. The van der Waals surface area contributed by atoms with Crippen LogP contribution < -0.4 is 0 Å². The summed E-state index contributed by atoms with van der Waals surface area (Å²) in [5.74, 6) is -0.530. The molecule has 5 heteroatoms. The average molecular weight is 347 g/mol. The van der Waals surface area contributed by atoms with E-state index in [1.165, 1.54) is 42.5 Å². The predicted octanol–water partition coefficient (Wildman–Crippen LogP) is 3.57. The maximum atomic E-state index is 12.1. The molecule has 4 nitrogen and oxygen atoms in total. The van der Waals surface area contributed by atoms with E-state index >= 15 is 0 Å². The van der Waals surface area contributed by atoms with Crippen LogP contribution in [0.3, 0.4) is 0 Å². The second kappa shape index (κ2) is 6.37. The summed E-state index contributed by atoms with van der Waals surface area (Å²) in [5.41, 5.74) is 0.940. The molecule has 2 rings (SSSR count). The first-order valence-corrected chi connectivity index (χ1v) is 6.79. The van der Waals surface area contributed by atoms with Gasteiger partial charge in [0.2, 0.25) is 0 Å². The highest BCUT2D eigenvalue weighted by molar-refractivity contribution is 9.10. The topological polar surface area (TPSA) is 74.6 Å². The van der Waals surface area contributed by atoms with Gasteiger partial charge in [-0.05, 0) is 42.0 Å². The van der Waals surface area contributed by atoms with Crippen molar-refractivity contribution in [3.8, 4) is 11.5 Å². The lowest BCUT2D eigenvalue weighted by atomic mass is 10.0. The highest BCUT2D eigenvalue weighted by Crippen LogP contribution is 2.23. The fraction of sp³-hybridized carbons (Fsp3) is 0. The zero-order valence-electron chi connectivity index (χ0n) is 10.8. The Morgan fingerprint density at radius 2 is 1.81 bits per heavy atom. The third kappa shape index (κ3) is 3.58. The molecule has 0 bridgehead atoms. The SMILES string of the molecule is O=Cc1cc(O)ccc1C=CC(=O)c1cc(Br)ccc1O. The number of rotatable bonds is 4. The van der Waals surface area contributed by atoms with Gasteiger partial charge in [-0.2, -0.15) is 0 Å². The predicted molar refractivity (Wildman–Crippen MR) is 82.7 cm³/mol. The zero-order valence-corrected chi connectivity index (χ0v) is 12.4. The van der Waals surface area contributed by atoms with E-state index in [2.05, 4.69) is 15.9 Å². The summed E-state index contributed by atoms with van der Waals surface area (Å²) in [4.78, 5) is 23.0. The maximum absolute atomic E-state index is 12.1. The van der Waals surface area contributed by atoms with Crippen molar-refractivity contribution < 1.29 is 19.8 Å². The molecule has 21 heavy (non-hydrogen) atoms. The lowest BCUT2D eigenvalue weighted by molar-refractivity contribution is 0.104. The van der Waals surface area contributed by atoms with E-state index in [1.54, 1.807) is 6.07 Å². The fourth-order valence-electron chi connectivity index (χ4n) is 1.78. The molecule has 0 amide bonds. The minimum Gasteiger partial charge on any atom is -0.508 e. The van der Waals surface area contributed by atoms with Crippen molar-refractivity contribution in [2.75, 3.05) is 0 Å². The molecule has 0 fully saturated rings. The molecule has 0 radical (unpaired) electrons. The Morgan fingerprint density at radius 1 is 1.05 bits per heavy atom. The van der Waals surface area contributed by atoms with Gasteiger partial charge in [0.15, 0.2) is 12.1 Å². The number of benzene rings is 2. The number of carbonyl (C=O) groups excluding carboxylic acids is 2. The van der Waals surface area contributed by atoms with Crippen molar-refractivity contribution in [3.05, 3.63) is 63.6 Å². The summed E-state index contributed by atoms with van der Waals surface area (Å²) in [6.07, 6.45) is 3.33. The summed E-state index contributed by atoms with van der Waals surface area (Å²) in [6, 6.07) is 8.83. The summed E-state index contributed by atoms with van der Waals surface area (Å²) in [7, 11) is 0. The van der Waals surface area contributed by atoms with Gasteiger partial charge in [0.25, 0.3) is 0 Å². The number of phenols is 2. The lowest BCUT2D eigenvalue weighted by Gasteiger charge is -2.02. The first-order chi connectivity index (χ1) is 10.0. The molecule has 0 saturated carbocycles. The van der Waals surface area contributed by atoms with Gasteiger partial charge in [0, 0.05) is 10.0 Å². The largest absolute Gasteiger partial charge is 0.508 e. The number of aldehydes is 1. The van der Waals surface area contributed by atoms with Crippen molar-refractivity contribution in [3.63, 3.8) is 0 Å². The second-order valence-corrected chi connectivity index (χ2v) is 5.21. The Hall–Kier alpha value is -2.40. The number of carbonyl (C=O) groups is 2. The van der Waals surface area contributed by atoms with E-state index in [4.69, 9.17) is 0 Å². The van der Waals surface area contributed by atoms with E-state index in [0.29, 0.717) is 16.3 Å². The van der Waals surface area contributed by atoms with Gasteiger partial charge in [-0.1, -0.05) is 28.1 Å². The van der Waals surface area contributed by atoms with Gasteiger partial charge in [0.1, 0.15) is 11.5 Å². The molecule has 2 aromatic rings. The van der Waals surface area contributed by atoms with Crippen LogP contribution in [0.5, 0.6) is 11.5 Å². The van der Waals surface area contributed by atoms with Gasteiger partial charge >= 0.3 is 0 Å². The molecule has 0 aliphatic rings. The van der Waals surface area contributed by atoms with Crippen molar-refractivity contribution in [2.24, 2.45) is 0 Å². The molecule has 0 aromatic heterocycles. The summed E-state index contributed by atoms with van der Waals surface area (Å²) < 4.78 is 0.676. The monoisotopic (exact) mass is 346 g/mol. The van der Waals surface area contributed by atoms with Crippen LogP contribution in [-0.4, -0.2) is 22.3 Å². The van der Waals surface area contributed by atoms with Crippen LogP contribution in [0.15, 0.2) is 46.9 Å². The van der Waals surface area contributed by atoms with Gasteiger partial charge in [-0.25, -0.2) is 0 Å². The normalized spacial score (nSPS) is 10.7. The minimum atomic E-state index is -0.390. The van der Waals surface area contributed by atoms with Crippen LogP contribution in [0.25, 0.3) is 6.08 Å². The number of hydrogen-bond donors (Lipinski definition) is 2. The van der Waals surface area contributed by atoms with Gasteiger partial charge in [-0.15, -0.1) is 0 Å². The molecule has 2 N–H and O–H groups in total. The molecule has 0 aliphatic carbocycles. The van der Waals surface area contributed by atoms with E-state index < -0.39 is 5.78 Å². The lowest BCUT2D eigenvalue weighted by Crippen LogP contribution is -1.95. The number of ketones is 1. The van der Waals surface area contributed by atoms with E-state index in [0.717, 1.165) is 0 Å². The van der Waals surface area contributed by atoms with Crippen molar-refractivity contribution >= 4 is 34.1 Å². The molecule has 0 saturated heterocycles. The zero-order chi connectivity index (χ0) is 15.4. The molecule has 0 heterocycles. The third-order valence-corrected chi connectivity index (χ3v) is 3.33. The molecule has 0 unspecified atom stereocenters. The molecule has 0 aliphatic heterocycles. The third-order valence-electron chi connectivity index (χ3n) is 2.84. The molecule has 2 aromatic carbocycles. The molecule has 0 spiro atoms. The van der Waals surface area contributed by atoms with Gasteiger partial charge < -0.3 is 10.2 Å². The molecule has 106 valence electrons. The Morgan fingerprint density at radius 3 is 2.52 bits per heavy atom. The van der Waals surface area contributed by atoms with Gasteiger partial charge in [-0.3, -0.25) is 9.59 Å². The van der Waals surface area contributed by atoms with E-state index in [9.17, 15) is 19.8 Å². The molecular formula is C16H11BrO4. The molecule has 0 atom stereocenters. The van der Waals surface area contributed by atoms with Crippen LogP contribution in [-0.2, 0) is 0 Å². The Bertz CT molecular complexity index is 735. The summed E-state index contributed by atoms with van der Waals surface area (Å²) >= 11 is 3.23. The maximum Gasteiger partial charge on any atom is 0.189 e. The van der Waals surface area contributed by atoms with Crippen LogP contribution >= 0.6 is 15.9 Å². The number of allylic oxidation sites excluding steroid dienone is 1. The van der Waals surface area contributed by atoms with Crippen LogP contribution in [0.1, 0.15) is 26.3 Å². The van der Waals surface area contributed by atoms with E-state index in [1.807, 2.05) is 0 Å². The van der Waals surface area contributed by atoms with Crippen molar-refractivity contribution in [1.29, 1.82) is 0 Å². The average Bonchev–Trinajstić information content (AvgIpc) is 2.48. The van der Waals surface area contributed by atoms with Gasteiger partial charge in [0.05, 0.1) is 5.56 Å². The first kappa shape index (κ1) is 15.0. The Kier molecular flexibility index (Phi) is 4.55. The smallest absolute Gasteiger partial charge is 0.189 e. The standard InChI is InChI=1S/C16H11BrO4/c17-12-3-6-16(21)14(8-12)15(20)5-2-10-1-4-13(19)7-11(10)9-18/h1-9,19,21H. The number of phenolic OH excluding ortho intramolecular Hbond substituents is 2. The van der Waals surface area contributed by atoms with Crippen LogP contribution in [0.4, 0.5) is 0 Å². The summed E-state index contributed by atoms with van der Waals surface area (Å²) in [6.45, 7) is 0. The van der Waals surface area contributed by atoms with Crippen molar-refractivity contribution in [2.45, 2.75) is 0 Å². The van der Waals surface area contributed by atoms with E-state index in [-0.39, 0.29) is 22.6 Å². The highest BCUT2D eigenvalue weighted by atomic mass is 79.9. The van der Waals surface area contributed by atoms with Crippen LogP contribution in [0.2, 0.25) is 0 Å². The minimum absolute atomic E-state index is 0.0230. The molecular weight excluding hydrogens is 336 g/mol. The number of hydrogen-bond acceptors (Lipinski definition) is 4. The van der Waals surface area contributed by atoms with Crippen LogP contribution in [0, 0.1) is 0 Å². The second-order valence-electron chi connectivity index (χ2n) is 4.29. The number of aromatic hydroxyl groups is 2. The Labute approximate surface area is 129 Å². The van der Waals surface area contributed by atoms with Crippen molar-refractivity contribution in [1.82, 2.24) is 0 Å².